The van der Waals surface area contributed by atoms with Crippen molar-refractivity contribution in [1.29, 1.82) is 0 Å². The van der Waals surface area contributed by atoms with Gasteiger partial charge in [0.15, 0.2) is 0 Å². The van der Waals surface area contributed by atoms with Crippen LogP contribution in [0.2, 0.25) is 0 Å². The molecule has 21 heavy (non-hydrogen) atoms. The summed E-state index contributed by atoms with van der Waals surface area (Å²) in [6.07, 6.45) is 11.4. The number of nitrogens with zero attached hydrogens (tertiary/aromatic N) is 2. The molecule has 3 rings (SSSR count). The minimum Gasteiger partial charge on any atom is -0.352 e. The van der Waals surface area contributed by atoms with E-state index in [1.165, 1.54) is 0 Å². The predicted molar refractivity (Wildman–Crippen MR) is 81.8 cm³/mol. The van der Waals surface area contributed by atoms with Crippen LogP contribution in [0.3, 0.4) is 0 Å². The molecule has 0 spiro atoms. The molecule has 1 amide bonds. The summed E-state index contributed by atoms with van der Waals surface area (Å²) in [5.74, 6) is 2.69. The van der Waals surface area contributed by atoms with Crippen LogP contribution in [0.15, 0.2) is 30.6 Å². The van der Waals surface area contributed by atoms with Gasteiger partial charge in [0, 0.05) is 55.3 Å². The van der Waals surface area contributed by atoms with Gasteiger partial charge in [-0.05, 0) is 24.6 Å². The van der Waals surface area contributed by atoms with Crippen LogP contribution in [0.4, 0.5) is 0 Å². The standard InChI is InChI=1S/C17H17N3O/c1-2-3-4-11-20-15-7-10-19-17(21)14(15)12-16(20)13-5-8-18-9-6-13/h1,5-6,8-9,12H,3-4,7,10-11H2,(H,19,21). The van der Waals surface area contributed by atoms with Crippen molar-refractivity contribution in [3.8, 4) is 23.6 Å². The smallest absolute Gasteiger partial charge is 0.253 e. The van der Waals surface area contributed by atoms with E-state index in [-0.39, 0.29) is 5.91 Å². The van der Waals surface area contributed by atoms with Crippen LogP contribution in [-0.2, 0) is 13.0 Å². The van der Waals surface area contributed by atoms with Gasteiger partial charge in [0.05, 0.1) is 5.56 Å². The minimum absolute atomic E-state index is 0.0160. The molecule has 1 aliphatic heterocycles. The van der Waals surface area contributed by atoms with Gasteiger partial charge in [-0.3, -0.25) is 9.78 Å². The Bertz CT molecular complexity index is 695. The molecule has 0 saturated heterocycles. The summed E-state index contributed by atoms with van der Waals surface area (Å²) in [6, 6.07) is 5.92. The van der Waals surface area contributed by atoms with Crippen molar-refractivity contribution in [3.63, 3.8) is 0 Å². The number of nitrogens with one attached hydrogen (secondary N) is 1. The summed E-state index contributed by atoms with van der Waals surface area (Å²) < 4.78 is 2.24. The lowest BCUT2D eigenvalue weighted by molar-refractivity contribution is 0.0945. The van der Waals surface area contributed by atoms with Crippen molar-refractivity contribution in [1.82, 2.24) is 14.9 Å². The van der Waals surface area contributed by atoms with Crippen molar-refractivity contribution < 1.29 is 4.79 Å². The van der Waals surface area contributed by atoms with Gasteiger partial charge >= 0.3 is 0 Å². The van der Waals surface area contributed by atoms with E-state index in [1.807, 2.05) is 18.2 Å². The molecule has 4 nitrogen and oxygen atoms in total. The number of terminal acetylenes is 1. The van der Waals surface area contributed by atoms with E-state index in [4.69, 9.17) is 6.42 Å². The third-order valence-corrected chi connectivity index (χ3v) is 3.78. The Morgan fingerprint density at radius 2 is 2.19 bits per heavy atom. The molecule has 2 aromatic heterocycles. The number of rotatable bonds is 4. The fourth-order valence-corrected chi connectivity index (χ4v) is 2.80. The first-order valence-corrected chi connectivity index (χ1v) is 7.15. The van der Waals surface area contributed by atoms with E-state index >= 15 is 0 Å². The summed E-state index contributed by atoms with van der Waals surface area (Å²) in [6.45, 7) is 1.53. The third kappa shape index (κ3) is 2.55. The summed E-state index contributed by atoms with van der Waals surface area (Å²) in [5, 5.41) is 2.90. The van der Waals surface area contributed by atoms with Gasteiger partial charge in [-0.15, -0.1) is 12.3 Å². The zero-order valence-electron chi connectivity index (χ0n) is 11.8. The lowest BCUT2D eigenvalue weighted by Crippen LogP contribution is -2.32. The SMILES string of the molecule is C#CCCCn1c(-c2ccncc2)cc2c1CCNC2=O. The highest BCUT2D eigenvalue weighted by atomic mass is 16.1. The second-order valence-electron chi connectivity index (χ2n) is 5.09. The number of hydrogen-bond donors (Lipinski definition) is 1. The van der Waals surface area contributed by atoms with E-state index < -0.39 is 0 Å². The minimum atomic E-state index is 0.0160. The number of hydrogen-bond acceptors (Lipinski definition) is 2. The number of carbonyl (C=O) groups excluding carboxylic acids is 1. The highest BCUT2D eigenvalue weighted by molar-refractivity contribution is 5.98. The topological polar surface area (TPSA) is 46.9 Å². The lowest BCUT2D eigenvalue weighted by Gasteiger charge is -2.17. The molecule has 3 heterocycles. The van der Waals surface area contributed by atoms with Gasteiger partial charge in [0.25, 0.3) is 5.91 Å². The number of amides is 1. The van der Waals surface area contributed by atoms with Gasteiger partial charge in [0.1, 0.15) is 0 Å². The van der Waals surface area contributed by atoms with Crippen molar-refractivity contribution in [2.75, 3.05) is 6.54 Å². The number of unbranched alkanes of at least 4 members (excludes halogenated alkanes) is 1. The van der Waals surface area contributed by atoms with Crippen LogP contribution in [-0.4, -0.2) is 22.0 Å². The molecule has 0 atom stereocenters. The molecule has 0 fully saturated rings. The molecule has 1 aliphatic rings. The zero-order chi connectivity index (χ0) is 14.7. The Morgan fingerprint density at radius 1 is 1.38 bits per heavy atom. The molecule has 106 valence electrons. The largest absolute Gasteiger partial charge is 0.352 e. The first kappa shape index (κ1) is 13.4. The van der Waals surface area contributed by atoms with E-state index in [9.17, 15) is 4.79 Å². The van der Waals surface area contributed by atoms with Crippen LogP contribution in [0.25, 0.3) is 11.3 Å². The first-order chi connectivity index (χ1) is 10.3. The fourth-order valence-electron chi connectivity index (χ4n) is 2.80. The molecule has 0 saturated carbocycles. The van der Waals surface area contributed by atoms with Crippen LogP contribution in [0, 0.1) is 12.3 Å². The van der Waals surface area contributed by atoms with E-state index in [1.54, 1.807) is 12.4 Å². The summed E-state index contributed by atoms with van der Waals surface area (Å²) in [7, 11) is 0. The van der Waals surface area contributed by atoms with Crippen molar-refractivity contribution in [2.45, 2.75) is 25.8 Å². The maximum absolute atomic E-state index is 12.0. The normalized spacial score (nSPS) is 13.4. The van der Waals surface area contributed by atoms with Gasteiger partial charge < -0.3 is 9.88 Å². The molecule has 1 N–H and O–H groups in total. The molecule has 0 bridgehead atoms. The Kier molecular flexibility index (Phi) is 3.74. The maximum Gasteiger partial charge on any atom is 0.253 e. The maximum atomic E-state index is 12.0. The zero-order valence-corrected chi connectivity index (χ0v) is 11.8. The molecule has 4 heteroatoms. The Morgan fingerprint density at radius 3 is 2.95 bits per heavy atom. The third-order valence-electron chi connectivity index (χ3n) is 3.78. The Balaban J connectivity index is 2.06. The van der Waals surface area contributed by atoms with Gasteiger partial charge in [-0.2, -0.15) is 0 Å². The fraction of sp³-hybridized carbons (Fsp3) is 0.294. The predicted octanol–water partition coefficient (Wildman–Crippen LogP) is 2.25. The molecular formula is C17H17N3O. The van der Waals surface area contributed by atoms with Gasteiger partial charge in [-0.1, -0.05) is 0 Å². The monoisotopic (exact) mass is 279 g/mol. The van der Waals surface area contributed by atoms with Gasteiger partial charge in [-0.25, -0.2) is 0 Å². The average Bonchev–Trinajstić information content (AvgIpc) is 2.89. The molecule has 0 unspecified atom stereocenters. The number of fused-ring (bicyclic) bond motifs is 1. The summed E-state index contributed by atoms with van der Waals surface area (Å²) in [4.78, 5) is 16.1. The highest BCUT2D eigenvalue weighted by Gasteiger charge is 2.23. The molecule has 2 aromatic rings. The van der Waals surface area contributed by atoms with E-state index in [0.29, 0.717) is 6.54 Å². The van der Waals surface area contributed by atoms with E-state index in [2.05, 4.69) is 20.8 Å². The van der Waals surface area contributed by atoms with Crippen LogP contribution in [0.1, 0.15) is 28.9 Å². The second-order valence-corrected chi connectivity index (χ2v) is 5.09. The van der Waals surface area contributed by atoms with Crippen molar-refractivity contribution in [3.05, 3.63) is 41.9 Å². The highest BCUT2D eigenvalue weighted by Crippen LogP contribution is 2.28. The lowest BCUT2D eigenvalue weighted by atomic mass is 10.1. The van der Waals surface area contributed by atoms with Gasteiger partial charge in [0.2, 0.25) is 0 Å². The molecular weight excluding hydrogens is 262 g/mol. The van der Waals surface area contributed by atoms with Crippen molar-refractivity contribution >= 4 is 5.91 Å². The van der Waals surface area contributed by atoms with E-state index in [0.717, 1.165) is 48.3 Å². The summed E-state index contributed by atoms with van der Waals surface area (Å²) >= 11 is 0. The second kappa shape index (κ2) is 5.84. The number of pyridine rings is 1. The van der Waals surface area contributed by atoms with Crippen LogP contribution < -0.4 is 5.32 Å². The molecule has 0 radical (unpaired) electrons. The number of aromatic nitrogens is 2. The molecule has 0 aliphatic carbocycles. The summed E-state index contributed by atoms with van der Waals surface area (Å²) in [5.41, 5.74) is 4.04. The Labute approximate surface area is 124 Å². The quantitative estimate of drug-likeness (QED) is 0.689. The Hall–Kier alpha value is -2.54. The van der Waals surface area contributed by atoms with Crippen LogP contribution in [0.5, 0.6) is 0 Å². The molecule has 0 aromatic carbocycles. The van der Waals surface area contributed by atoms with Crippen molar-refractivity contribution in [2.24, 2.45) is 0 Å². The average molecular weight is 279 g/mol. The first-order valence-electron chi connectivity index (χ1n) is 7.15. The number of carbonyl (C=O) groups is 1. The van der Waals surface area contributed by atoms with Crippen LogP contribution >= 0.6 is 0 Å².